The summed E-state index contributed by atoms with van der Waals surface area (Å²) in [6, 6.07) is 4.87. The normalized spacial score (nSPS) is 26.0. The Kier molecular flexibility index (Phi) is 5.08. The molecule has 2 rings (SSSR count). The first-order valence-electron chi connectivity index (χ1n) is 8.50. The van der Waals surface area contributed by atoms with Gasteiger partial charge < -0.3 is 0 Å². The van der Waals surface area contributed by atoms with Crippen LogP contribution < -0.4 is 0 Å². The molecule has 1 aromatic heterocycles. The summed E-state index contributed by atoms with van der Waals surface area (Å²) in [7, 11) is 0. The average Bonchev–Trinajstić information content (AvgIpc) is 2.89. The van der Waals surface area contributed by atoms with E-state index in [1.54, 1.807) is 0 Å². The lowest BCUT2D eigenvalue weighted by atomic mass is 9.67. The summed E-state index contributed by atoms with van der Waals surface area (Å²) < 4.78 is 2.09. The predicted molar refractivity (Wildman–Crippen MR) is 85.8 cm³/mol. The topological polar surface area (TPSA) is 41.6 Å². The van der Waals surface area contributed by atoms with Crippen LogP contribution in [0.25, 0.3) is 0 Å². The van der Waals surface area contributed by atoms with Gasteiger partial charge in [-0.25, -0.2) is 0 Å². The molecule has 0 saturated heterocycles. The predicted octanol–water partition coefficient (Wildman–Crippen LogP) is 4.36. The molecule has 0 N–H and O–H groups in total. The fourth-order valence-electron chi connectivity index (χ4n) is 3.64. The van der Waals surface area contributed by atoms with Crippen molar-refractivity contribution in [1.82, 2.24) is 9.78 Å². The molecule has 1 aliphatic carbocycles. The molecule has 0 bridgehead atoms. The van der Waals surface area contributed by atoms with E-state index < -0.39 is 0 Å². The minimum Gasteiger partial charge on any atom is -0.270 e. The van der Waals surface area contributed by atoms with E-state index in [-0.39, 0.29) is 5.41 Å². The number of aryl methyl sites for hydroxylation is 2. The standard InChI is InChI=1S/C18H29N3/c1-5-16-11-17(21(6-2)20-16)12-18(13-19)9-7-15(8-10-18)14(3)4/h11,14-15H,5-10,12H2,1-4H3. The Bertz CT molecular complexity index is 499. The smallest absolute Gasteiger partial charge is 0.0693 e. The Labute approximate surface area is 129 Å². The van der Waals surface area contributed by atoms with Gasteiger partial charge in [0.1, 0.15) is 0 Å². The maximum Gasteiger partial charge on any atom is 0.0693 e. The zero-order valence-electron chi connectivity index (χ0n) is 14.0. The molecule has 0 aliphatic heterocycles. The minimum absolute atomic E-state index is 0.163. The largest absolute Gasteiger partial charge is 0.270 e. The van der Waals surface area contributed by atoms with Crippen LogP contribution in [0.2, 0.25) is 0 Å². The van der Waals surface area contributed by atoms with E-state index in [4.69, 9.17) is 0 Å². The van der Waals surface area contributed by atoms with Gasteiger partial charge in [-0.05, 0) is 56.9 Å². The van der Waals surface area contributed by atoms with Crippen molar-refractivity contribution in [2.24, 2.45) is 17.3 Å². The Morgan fingerprint density at radius 3 is 2.52 bits per heavy atom. The Balaban J connectivity index is 2.13. The zero-order valence-corrected chi connectivity index (χ0v) is 14.0. The highest BCUT2D eigenvalue weighted by atomic mass is 15.3. The van der Waals surface area contributed by atoms with Crippen LogP contribution in [-0.4, -0.2) is 9.78 Å². The molecular formula is C18H29N3. The molecule has 0 atom stereocenters. The van der Waals surface area contributed by atoms with E-state index in [2.05, 4.69) is 49.6 Å². The average molecular weight is 287 g/mol. The molecule has 0 spiro atoms. The molecule has 1 fully saturated rings. The first kappa shape index (κ1) is 16.1. The van der Waals surface area contributed by atoms with Gasteiger partial charge in [0, 0.05) is 18.7 Å². The third kappa shape index (κ3) is 3.48. The second kappa shape index (κ2) is 6.64. The highest BCUT2D eigenvalue weighted by molar-refractivity contribution is 5.16. The van der Waals surface area contributed by atoms with Gasteiger partial charge in [-0.2, -0.15) is 10.4 Å². The quantitative estimate of drug-likeness (QED) is 0.807. The first-order chi connectivity index (χ1) is 10.0. The molecule has 1 aliphatic rings. The van der Waals surface area contributed by atoms with Gasteiger partial charge in [0.2, 0.25) is 0 Å². The van der Waals surface area contributed by atoms with E-state index >= 15 is 0 Å². The van der Waals surface area contributed by atoms with E-state index in [9.17, 15) is 5.26 Å². The van der Waals surface area contributed by atoms with Gasteiger partial charge in [0.15, 0.2) is 0 Å². The number of aromatic nitrogens is 2. The second-order valence-electron chi connectivity index (χ2n) is 6.95. The molecule has 116 valence electrons. The van der Waals surface area contributed by atoms with E-state index in [1.165, 1.54) is 18.5 Å². The first-order valence-corrected chi connectivity index (χ1v) is 8.50. The van der Waals surface area contributed by atoms with Crippen molar-refractivity contribution in [3.05, 3.63) is 17.5 Å². The van der Waals surface area contributed by atoms with Crippen molar-refractivity contribution in [1.29, 1.82) is 5.26 Å². The molecule has 1 saturated carbocycles. The van der Waals surface area contributed by atoms with Crippen LogP contribution in [0.4, 0.5) is 0 Å². The molecule has 1 heterocycles. The SMILES string of the molecule is CCc1cc(CC2(C#N)CCC(C(C)C)CC2)n(CC)n1. The van der Waals surface area contributed by atoms with Crippen molar-refractivity contribution in [3.63, 3.8) is 0 Å². The van der Waals surface area contributed by atoms with Gasteiger partial charge >= 0.3 is 0 Å². The van der Waals surface area contributed by atoms with E-state index in [1.807, 2.05) is 0 Å². The van der Waals surface area contributed by atoms with Crippen LogP contribution in [0, 0.1) is 28.6 Å². The lowest BCUT2D eigenvalue weighted by molar-refractivity contribution is 0.172. The lowest BCUT2D eigenvalue weighted by Gasteiger charge is -2.36. The maximum absolute atomic E-state index is 9.78. The molecule has 3 nitrogen and oxygen atoms in total. The fraction of sp³-hybridized carbons (Fsp3) is 0.778. The number of nitrogens with zero attached hydrogens (tertiary/aromatic N) is 3. The van der Waals surface area contributed by atoms with E-state index in [0.717, 1.165) is 49.8 Å². The summed E-state index contributed by atoms with van der Waals surface area (Å²) in [4.78, 5) is 0. The van der Waals surface area contributed by atoms with Crippen LogP contribution in [0.15, 0.2) is 6.07 Å². The Morgan fingerprint density at radius 2 is 2.05 bits per heavy atom. The number of nitriles is 1. The maximum atomic E-state index is 9.78. The molecule has 0 amide bonds. The van der Waals surface area contributed by atoms with Gasteiger partial charge in [-0.3, -0.25) is 4.68 Å². The van der Waals surface area contributed by atoms with Crippen molar-refractivity contribution in [2.75, 3.05) is 0 Å². The van der Waals surface area contributed by atoms with Gasteiger partial charge in [-0.15, -0.1) is 0 Å². The monoisotopic (exact) mass is 287 g/mol. The molecule has 1 aromatic rings. The van der Waals surface area contributed by atoms with Crippen molar-refractivity contribution < 1.29 is 0 Å². The van der Waals surface area contributed by atoms with Crippen molar-refractivity contribution in [3.8, 4) is 6.07 Å². The zero-order chi connectivity index (χ0) is 15.5. The van der Waals surface area contributed by atoms with Crippen molar-refractivity contribution in [2.45, 2.75) is 72.8 Å². The van der Waals surface area contributed by atoms with Crippen LogP contribution >= 0.6 is 0 Å². The molecule has 21 heavy (non-hydrogen) atoms. The lowest BCUT2D eigenvalue weighted by Crippen LogP contribution is -2.30. The number of hydrogen-bond donors (Lipinski definition) is 0. The van der Waals surface area contributed by atoms with Gasteiger partial charge in [-0.1, -0.05) is 20.8 Å². The number of hydrogen-bond acceptors (Lipinski definition) is 2. The highest BCUT2D eigenvalue weighted by Crippen LogP contribution is 2.43. The summed E-state index contributed by atoms with van der Waals surface area (Å²) in [5, 5.41) is 14.4. The van der Waals surface area contributed by atoms with Crippen LogP contribution in [0.3, 0.4) is 0 Å². The summed E-state index contributed by atoms with van der Waals surface area (Å²) in [5.41, 5.74) is 2.23. The van der Waals surface area contributed by atoms with Crippen LogP contribution in [0.5, 0.6) is 0 Å². The second-order valence-corrected chi connectivity index (χ2v) is 6.95. The molecule has 0 unspecified atom stereocenters. The Hall–Kier alpha value is -1.30. The molecule has 0 aromatic carbocycles. The van der Waals surface area contributed by atoms with Crippen LogP contribution in [0.1, 0.15) is 64.8 Å². The minimum atomic E-state index is -0.163. The van der Waals surface area contributed by atoms with Crippen LogP contribution in [-0.2, 0) is 19.4 Å². The summed E-state index contributed by atoms with van der Waals surface area (Å²) in [6.45, 7) is 9.78. The third-order valence-electron chi connectivity index (χ3n) is 5.26. The number of rotatable bonds is 5. The molecule has 3 heteroatoms. The van der Waals surface area contributed by atoms with E-state index in [0.29, 0.717) is 0 Å². The summed E-state index contributed by atoms with van der Waals surface area (Å²) in [6.07, 6.45) is 6.33. The highest BCUT2D eigenvalue weighted by Gasteiger charge is 2.37. The molecular weight excluding hydrogens is 258 g/mol. The van der Waals surface area contributed by atoms with Gasteiger partial charge in [0.05, 0.1) is 17.2 Å². The summed E-state index contributed by atoms with van der Waals surface area (Å²) in [5.74, 6) is 1.54. The Morgan fingerprint density at radius 1 is 1.38 bits per heavy atom. The van der Waals surface area contributed by atoms with Gasteiger partial charge in [0.25, 0.3) is 0 Å². The van der Waals surface area contributed by atoms with Crippen molar-refractivity contribution >= 4 is 0 Å². The molecule has 0 radical (unpaired) electrons. The fourth-order valence-corrected chi connectivity index (χ4v) is 3.64. The summed E-state index contributed by atoms with van der Waals surface area (Å²) >= 11 is 0. The third-order valence-corrected chi connectivity index (χ3v) is 5.26.